The zero-order valence-electron chi connectivity index (χ0n) is 9.05. The van der Waals surface area contributed by atoms with Crippen LogP contribution in [0.5, 0.6) is 0 Å². The van der Waals surface area contributed by atoms with Crippen LogP contribution in [0.4, 0.5) is 0 Å². The Balaban J connectivity index is 1.90. The van der Waals surface area contributed by atoms with E-state index in [-0.39, 0.29) is 0 Å². The Morgan fingerprint density at radius 3 is 2.79 bits per heavy atom. The fourth-order valence-electron chi connectivity index (χ4n) is 1.88. The Kier molecular flexibility index (Phi) is 3.24. The molecule has 0 spiro atoms. The highest BCUT2D eigenvalue weighted by Gasteiger charge is 2.22. The normalized spacial score (nSPS) is 18.4. The van der Waals surface area contributed by atoms with Gasteiger partial charge in [0.25, 0.3) is 0 Å². The van der Waals surface area contributed by atoms with Crippen LogP contribution in [0.2, 0.25) is 0 Å². The van der Waals surface area contributed by atoms with Crippen molar-refractivity contribution in [1.29, 1.82) is 0 Å². The van der Waals surface area contributed by atoms with Crippen LogP contribution in [-0.4, -0.2) is 7.05 Å². The summed E-state index contributed by atoms with van der Waals surface area (Å²) < 4.78 is 0. The summed E-state index contributed by atoms with van der Waals surface area (Å²) in [5.74, 6) is 1.05. The molecule has 2 rings (SSSR count). The third kappa shape index (κ3) is 2.58. The van der Waals surface area contributed by atoms with E-state index < -0.39 is 0 Å². The van der Waals surface area contributed by atoms with Gasteiger partial charge in [0.15, 0.2) is 0 Å². The van der Waals surface area contributed by atoms with Gasteiger partial charge in [-0.05, 0) is 44.9 Å². The van der Waals surface area contributed by atoms with E-state index in [4.69, 9.17) is 0 Å². The van der Waals surface area contributed by atoms with Crippen molar-refractivity contribution in [3.8, 4) is 0 Å². The van der Waals surface area contributed by atoms with E-state index in [1.165, 1.54) is 35.4 Å². The first kappa shape index (κ1) is 10.2. The molecule has 1 heterocycles. The number of aryl methyl sites for hydroxylation is 1. The number of hydrogen-bond acceptors (Lipinski definition) is 2. The summed E-state index contributed by atoms with van der Waals surface area (Å²) in [6, 6.07) is 5.09. The fourth-order valence-corrected chi connectivity index (χ4v) is 2.90. The summed E-state index contributed by atoms with van der Waals surface area (Å²) in [5.41, 5.74) is 0. The van der Waals surface area contributed by atoms with Crippen LogP contribution in [0.25, 0.3) is 0 Å². The van der Waals surface area contributed by atoms with Crippen molar-refractivity contribution in [2.24, 2.45) is 5.92 Å². The molecule has 0 saturated heterocycles. The lowest BCUT2D eigenvalue weighted by atomic mass is 10.1. The summed E-state index contributed by atoms with van der Waals surface area (Å²) in [5, 5.41) is 3.43. The van der Waals surface area contributed by atoms with E-state index >= 15 is 0 Å². The molecule has 1 aliphatic carbocycles. The third-order valence-electron chi connectivity index (χ3n) is 3.01. The highest BCUT2D eigenvalue weighted by Crippen LogP contribution is 2.36. The lowest BCUT2D eigenvalue weighted by molar-refractivity contribution is 0.513. The van der Waals surface area contributed by atoms with Gasteiger partial charge >= 0.3 is 0 Å². The van der Waals surface area contributed by atoms with E-state index in [2.05, 4.69) is 31.4 Å². The van der Waals surface area contributed by atoms with Gasteiger partial charge < -0.3 is 5.32 Å². The second kappa shape index (κ2) is 4.45. The molecule has 1 unspecified atom stereocenters. The van der Waals surface area contributed by atoms with Crippen molar-refractivity contribution in [3.63, 3.8) is 0 Å². The van der Waals surface area contributed by atoms with Crippen LogP contribution in [0.1, 0.15) is 41.5 Å². The van der Waals surface area contributed by atoms with Crippen molar-refractivity contribution < 1.29 is 0 Å². The van der Waals surface area contributed by atoms with E-state index in [1.54, 1.807) is 0 Å². The predicted octanol–water partition coefficient (Wildman–Crippen LogP) is 3.51. The van der Waals surface area contributed by atoms with Crippen LogP contribution in [0, 0.1) is 12.8 Å². The molecule has 1 fully saturated rings. The second-order valence-corrected chi connectivity index (χ2v) is 5.63. The highest BCUT2D eigenvalue weighted by atomic mass is 32.1. The molecule has 2 heteroatoms. The molecule has 1 saturated carbocycles. The highest BCUT2D eigenvalue weighted by molar-refractivity contribution is 7.12. The molecule has 78 valence electrons. The Labute approximate surface area is 90.5 Å². The van der Waals surface area contributed by atoms with Crippen molar-refractivity contribution in [1.82, 2.24) is 5.32 Å². The van der Waals surface area contributed by atoms with Crippen molar-refractivity contribution in [3.05, 3.63) is 21.9 Å². The fraction of sp³-hybridized carbons (Fsp3) is 0.667. The Bertz CT molecular complexity index is 288. The van der Waals surface area contributed by atoms with Crippen LogP contribution in [0.15, 0.2) is 12.1 Å². The van der Waals surface area contributed by atoms with E-state index in [9.17, 15) is 0 Å². The smallest absolute Gasteiger partial charge is 0.0412 e. The lowest BCUT2D eigenvalue weighted by Gasteiger charge is -2.13. The monoisotopic (exact) mass is 209 g/mol. The average molecular weight is 209 g/mol. The molecular weight excluding hydrogens is 190 g/mol. The number of thiophene rings is 1. The van der Waals surface area contributed by atoms with Crippen molar-refractivity contribution >= 4 is 11.3 Å². The molecule has 0 aromatic carbocycles. The van der Waals surface area contributed by atoms with Gasteiger partial charge in [0, 0.05) is 15.8 Å². The van der Waals surface area contributed by atoms with Crippen LogP contribution >= 0.6 is 11.3 Å². The zero-order chi connectivity index (χ0) is 9.97. The van der Waals surface area contributed by atoms with E-state index in [0.29, 0.717) is 6.04 Å². The summed E-state index contributed by atoms with van der Waals surface area (Å²) >= 11 is 1.93. The van der Waals surface area contributed by atoms with Crippen LogP contribution < -0.4 is 5.32 Å². The summed E-state index contributed by atoms with van der Waals surface area (Å²) in [6.45, 7) is 2.18. The minimum absolute atomic E-state index is 0.592. The van der Waals surface area contributed by atoms with Gasteiger partial charge in [-0.3, -0.25) is 0 Å². The quantitative estimate of drug-likeness (QED) is 0.782. The molecule has 1 atom stereocenters. The average Bonchev–Trinajstić information content (AvgIpc) is 2.90. The molecule has 14 heavy (non-hydrogen) atoms. The number of hydrogen-bond donors (Lipinski definition) is 1. The Morgan fingerprint density at radius 2 is 2.29 bits per heavy atom. The standard InChI is InChI=1S/C12H19NS/c1-9-3-8-12(14-9)11(13-2)7-6-10-4-5-10/h3,8,10-11,13H,4-7H2,1-2H3. The molecule has 1 aromatic heterocycles. The molecule has 0 aliphatic heterocycles. The maximum absolute atomic E-state index is 3.43. The maximum atomic E-state index is 3.43. The molecule has 1 aliphatic rings. The van der Waals surface area contributed by atoms with Gasteiger partial charge in [-0.1, -0.05) is 12.8 Å². The third-order valence-corrected chi connectivity index (χ3v) is 4.13. The predicted molar refractivity (Wildman–Crippen MR) is 62.8 cm³/mol. The lowest BCUT2D eigenvalue weighted by Crippen LogP contribution is -2.15. The number of nitrogens with one attached hydrogen (secondary N) is 1. The van der Waals surface area contributed by atoms with Gasteiger partial charge in [-0.15, -0.1) is 11.3 Å². The molecule has 0 radical (unpaired) electrons. The Hall–Kier alpha value is -0.340. The molecule has 1 N–H and O–H groups in total. The maximum Gasteiger partial charge on any atom is 0.0412 e. The zero-order valence-corrected chi connectivity index (χ0v) is 9.86. The largest absolute Gasteiger partial charge is 0.312 e. The summed E-state index contributed by atoms with van der Waals surface area (Å²) in [6.07, 6.45) is 5.66. The van der Waals surface area contributed by atoms with Crippen molar-refractivity contribution in [2.45, 2.75) is 38.6 Å². The van der Waals surface area contributed by atoms with E-state index in [0.717, 1.165) is 5.92 Å². The first-order valence-corrected chi connectivity index (χ1v) is 6.35. The van der Waals surface area contributed by atoms with Crippen LogP contribution in [0.3, 0.4) is 0 Å². The summed E-state index contributed by atoms with van der Waals surface area (Å²) in [7, 11) is 2.08. The first-order valence-electron chi connectivity index (χ1n) is 5.53. The minimum Gasteiger partial charge on any atom is -0.312 e. The molecule has 1 aromatic rings. The molecule has 1 nitrogen and oxygen atoms in total. The van der Waals surface area contributed by atoms with Gasteiger partial charge in [0.05, 0.1) is 0 Å². The topological polar surface area (TPSA) is 12.0 Å². The van der Waals surface area contributed by atoms with Gasteiger partial charge in [-0.2, -0.15) is 0 Å². The first-order chi connectivity index (χ1) is 6.79. The number of rotatable bonds is 5. The Morgan fingerprint density at radius 1 is 1.50 bits per heavy atom. The molecule has 0 amide bonds. The van der Waals surface area contributed by atoms with Crippen molar-refractivity contribution in [2.75, 3.05) is 7.05 Å². The van der Waals surface area contributed by atoms with Gasteiger partial charge in [0.2, 0.25) is 0 Å². The SMILES string of the molecule is CNC(CCC1CC1)c1ccc(C)s1. The molecular formula is C12H19NS. The van der Waals surface area contributed by atoms with E-state index in [1.807, 2.05) is 11.3 Å². The van der Waals surface area contributed by atoms with Gasteiger partial charge in [0.1, 0.15) is 0 Å². The second-order valence-electron chi connectivity index (χ2n) is 4.31. The summed E-state index contributed by atoms with van der Waals surface area (Å²) in [4.78, 5) is 2.93. The van der Waals surface area contributed by atoms with Gasteiger partial charge in [-0.25, -0.2) is 0 Å². The minimum atomic E-state index is 0.592. The molecule has 0 bridgehead atoms. The van der Waals surface area contributed by atoms with Crippen LogP contribution in [-0.2, 0) is 0 Å².